The van der Waals surface area contributed by atoms with Gasteiger partial charge in [-0.3, -0.25) is 0 Å². The predicted molar refractivity (Wildman–Crippen MR) is 77.4 cm³/mol. The average molecular weight is 265 g/mol. The van der Waals surface area contributed by atoms with Crippen LogP contribution < -0.4 is 10.6 Å². The third-order valence-electron chi connectivity index (χ3n) is 2.90. The summed E-state index contributed by atoms with van der Waals surface area (Å²) >= 11 is 0. The number of ether oxygens (including phenoxy) is 1. The van der Waals surface area contributed by atoms with Gasteiger partial charge in [-0.1, -0.05) is 19.8 Å². The molecule has 1 heterocycles. The standard InChI is InChI=1S/C14H23N3O2/c1-4-6-7-8-17(3)13-9-11(12(15)10-16-13)14(18)19-5-2/h9-10H,4-8,15H2,1-3H3. The quantitative estimate of drug-likeness (QED) is 0.606. The summed E-state index contributed by atoms with van der Waals surface area (Å²) < 4.78 is 4.98. The van der Waals surface area contributed by atoms with Gasteiger partial charge in [-0.05, 0) is 19.4 Å². The molecular formula is C14H23N3O2. The highest BCUT2D eigenvalue weighted by Crippen LogP contribution is 2.18. The number of carbonyl (C=O) groups excluding carboxylic acids is 1. The molecule has 0 fully saturated rings. The van der Waals surface area contributed by atoms with Gasteiger partial charge < -0.3 is 15.4 Å². The van der Waals surface area contributed by atoms with Gasteiger partial charge in [0.1, 0.15) is 5.82 Å². The summed E-state index contributed by atoms with van der Waals surface area (Å²) in [5, 5.41) is 0. The van der Waals surface area contributed by atoms with Gasteiger partial charge in [-0.15, -0.1) is 0 Å². The average Bonchev–Trinajstić information content (AvgIpc) is 2.39. The first-order chi connectivity index (χ1) is 9.10. The summed E-state index contributed by atoms with van der Waals surface area (Å²) in [6.07, 6.45) is 4.98. The van der Waals surface area contributed by atoms with Crippen molar-refractivity contribution in [2.24, 2.45) is 0 Å². The van der Waals surface area contributed by atoms with E-state index >= 15 is 0 Å². The number of rotatable bonds is 7. The molecule has 2 N–H and O–H groups in total. The summed E-state index contributed by atoms with van der Waals surface area (Å²) in [5.74, 6) is 0.346. The van der Waals surface area contributed by atoms with E-state index < -0.39 is 5.97 Å². The SMILES string of the molecule is CCCCCN(C)c1cc(C(=O)OCC)c(N)cn1. The first-order valence-electron chi connectivity index (χ1n) is 6.73. The second-order valence-corrected chi connectivity index (χ2v) is 4.48. The first kappa shape index (κ1) is 15.3. The van der Waals surface area contributed by atoms with Gasteiger partial charge >= 0.3 is 5.97 Å². The van der Waals surface area contributed by atoms with Crippen LogP contribution in [0.15, 0.2) is 12.3 Å². The van der Waals surface area contributed by atoms with Crippen molar-refractivity contribution in [3.8, 4) is 0 Å². The first-order valence-corrected chi connectivity index (χ1v) is 6.73. The third kappa shape index (κ3) is 4.43. The van der Waals surface area contributed by atoms with Crippen LogP contribution in [0.25, 0.3) is 0 Å². The van der Waals surface area contributed by atoms with Gasteiger partial charge in [0.05, 0.1) is 24.1 Å². The number of nitrogens with two attached hydrogens (primary N) is 1. The summed E-state index contributed by atoms with van der Waals surface area (Å²) in [7, 11) is 1.96. The molecule has 0 spiro atoms. The van der Waals surface area contributed by atoms with Crippen molar-refractivity contribution in [3.63, 3.8) is 0 Å². The number of anilines is 2. The van der Waals surface area contributed by atoms with Crippen LogP contribution in [0.3, 0.4) is 0 Å². The minimum Gasteiger partial charge on any atom is -0.462 e. The lowest BCUT2D eigenvalue weighted by Gasteiger charge is -2.19. The van der Waals surface area contributed by atoms with Crippen LogP contribution in [-0.2, 0) is 4.74 Å². The van der Waals surface area contributed by atoms with E-state index in [0.717, 1.165) is 18.8 Å². The lowest BCUT2D eigenvalue weighted by molar-refractivity contribution is 0.0527. The van der Waals surface area contributed by atoms with E-state index in [0.29, 0.717) is 17.9 Å². The Bertz CT molecular complexity index is 421. The van der Waals surface area contributed by atoms with Crippen LogP contribution in [0.5, 0.6) is 0 Å². The molecule has 1 aromatic rings. The maximum Gasteiger partial charge on any atom is 0.340 e. The smallest absolute Gasteiger partial charge is 0.340 e. The lowest BCUT2D eigenvalue weighted by atomic mass is 10.2. The van der Waals surface area contributed by atoms with Crippen molar-refractivity contribution < 1.29 is 9.53 Å². The Kier molecular flexibility index (Phi) is 6.12. The molecule has 5 heteroatoms. The van der Waals surface area contributed by atoms with Crippen LogP contribution >= 0.6 is 0 Å². The number of hydrogen-bond acceptors (Lipinski definition) is 5. The molecule has 0 aliphatic rings. The van der Waals surface area contributed by atoms with E-state index in [1.807, 2.05) is 11.9 Å². The predicted octanol–water partition coefficient (Wildman–Crippen LogP) is 2.47. The molecule has 0 radical (unpaired) electrons. The minimum atomic E-state index is -0.398. The molecule has 0 aromatic carbocycles. The molecule has 1 aromatic heterocycles. The van der Waals surface area contributed by atoms with Crippen molar-refractivity contribution in [1.29, 1.82) is 0 Å². The molecule has 0 amide bonds. The number of esters is 1. The van der Waals surface area contributed by atoms with Crippen LogP contribution in [0, 0.1) is 0 Å². The van der Waals surface area contributed by atoms with E-state index in [4.69, 9.17) is 10.5 Å². The fourth-order valence-electron chi connectivity index (χ4n) is 1.76. The molecule has 19 heavy (non-hydrogen) atoms. The normalized spacial score (nSPS) is 10.3. The second kappa shape index (κ2) is 7.61. The summed E-state index contributed by atoms with van der Waals surface area (Å²) in [6.45, 7) is 5.18. The van der Waals surface area contributed by atoms with E-state index in [-0.39, 0.29) is 0 Å². The van der Waals surface area contributed by atoms with Crippen molar-refractivity contribution in [2.45, 2.75) is 33.1 Å². The number of nitrogens with zero attached hydrogens (tertiary/aromatic N) is 2. The van der Waals surface area contributed by atoms with Crippen LogP contribution in [0.4, 0.5) is 11.5 Å². The molecule has 0 aliphatic heterocycles. The van der Waals surface area contributed by atoms with E-state index in [1.165, 1.54) is 19.0 Å². The fraction of sp³-hybridized carbons (Fsp3) is 0.571. The van der Waals surface area contributed by atoms with Crippen molar-refractivity contribution in [3.05, 3.63) is 17.8 Å². The molecule has 0 saturated carbocycles. The number of aromatic nitrogens is 1. The number of pyridine rings is 1. The number of nitrogen functional groups attached to an aromatic ring is 1. The largest absolute Gasteiger partial charge is 0.462 e. The monoisotopic (exact) mass is 265 g/mol. The minimum absolute atomic E-state index is 0.336. The Hall–Kier alpha value is -1.78. The molecule has 0 unspecified atom stereocenters. The second-order valence-electron chi connectivity index (χ2n) is 4.48. The van der Waals surface area contributed by atoms with Crippen molar-refractivity contribution >= 4 is 17.5 Å². The maximum absolute atomic E-state index is 11.8. The van der Waals surface area contributed by atoms with Gasteiger partial charge in [0.2, 0.25) is 0 Å². The van der Waals surface area contributed by atoms with Crippen molar-refractivity contribution in [1.82, 2.24) is 4.98 Å². The molecule has 0 saturated heterocycles. The molecule has 0 bridgehead atoms. The van der Waals surface area contributed by atoms with Gasteiger partial charge in [-0.2, -0.15) is 0 Å². The van der Waals surface area contributed by atoms with E-state index in [1.54, 1.807) is 13.0 Å². The van der Waals surface area contributed by atoms with Gasteiger partial charge in [0.15, 0.2) is 0 Å². The number of hydrogen-bond donors (Lipinski definition) is 1. The van der Waals surface area contributed by atoms with Gasteiger partial charge in [-0.25, -0.2) is 9.78 Å². The molecule has 5 nitrogen and oxygen atoms in total. The molecular weight excluding hydrogens is 242 g/mol. The zero-order valence-corrected chi connectivity index (χ0v) is 12.0. The highest BCUT2D eigenvalue weighted by atomic mass is 16.5. The fourth-order valence-corrected chi connectivity index (χ4v) is 1.76. The van der Waals surface area contributed by atoms with Gasteiger partial charge in [0, 0.05) is 13.6 Å². The molecule has 0 atom stereocenters. The van der Waals surface area contributed by atoms with Crippen LogP contribution in [-0.4, -0.2) is 31.2 Å². The van der Waals surface area contributed by atoms with Crippen molar-refractivity contribution in [2.75, 3.05) is 30.8 Å². The maximum atomic E-state index is 11.8. The number of carbonyl (C=O) groups is 1. The Balaban J connectivity index is 2.80. The molecule has 1 rings (SSSR count). The van der Waals surface area contributed by atoms with Crippen LogP contribution in [0.2, 0.25) is 0 Å². The molecule has 106 valence electrons. The lowest BCUT2D eigenvalue weighted by Crippen LogP contribution is -2.20. The Labute approximate surface area is 114 Å². The third-order valence-corrected chi connectivity index (χ3v) is 2.90. The van der Waals surface area contributed by atoms with E-state index in [2.05, 4.69) is 11.9 Å². The molecule has 0 aliphatic carbocycles. The van der Waals surface area contributed by atoms with Crippen LogP contribution in [0.1, 0.15) is 43.5 Å². The number of unbranched alkanes of at least 4 members (excludes halogenated alkanes) is 2. The summed E-state index contributed by atoms with van der Waals surface area (Å²) in [4.78, 5) is 18.0. The Morgan fingerprint density at radius 1 is 1.42 bits per heavy atom. The zero-order valence-electron chi connectivity index (χ0n) is 12.0. The highest BCUT2D eigenvalue weighted by Gasteiger charge is 2.14. The Morgan fingerprint density at radius 2 is 2.16 bits per heavy atom. The van der Waals surface area contributed by atoms with E-state index in [9.17, 15) is 4.79 Å². The topological polar surface area (TPSA) is 68.5 Å². The zero-order chi connectivity index (χ0) is 14.3. The summed E-state index contributed by atoms with van der Waals surface area (Å²) in [6, 6.07) is 1.69. The highest BCUT2D eigenvalue weighted by molar-refractivity contribution is 5.95. The van der Waals surface area contributed by atoms with Gasteiger partial charge in [0.25, 0.3) is 0 Å². The Morgan fingerprint density at radius 3 is 2.79 bits per heavy atom. The summed E-state index contributed by atoms with van der Waals surface area (Å²) in [5.41, 5.74) is 6.50.